The Morgan fingerprint density at radius 3 is 2.65 bits per heavy atom. The standard InChI is InChI=1S/C12H20N2O3/c1-2-6-17-11-5-3-4-10(12(11)13)14-9(7-15)8-16/h3-5,9,14-16H,2,6-8,13H2,1H3. The lowest BCUT2D eigenvalue weighted by atomic mass is 10.2. The fourth-order valence-electron chi connectivity index (χ4n) is 1.38. The van der Waals surface area contributed by atoms with Crippen molar-refractivity contribution in [2.24, 2.45) is 0 Å². The maximum absolute atomic E-state index is 8.99. The number of hydrogen-bond acceptors (Lipinski definition) is 5. The Labute approximate surface area is 101 Å². The van der Waals surface area contributed by atoms with E-state index in [0.717, 1.165) is 6.42 Å². The molecule has 0 aliphatic carbocycles. The Morgan fingerprint density at radius 2 is 2.06 bits per heavy atom. The summed E-state index contributed by atoms with van der Waals surface area (Å²) in [5, 5.41) is 20.9. The van der Waals surface area contributed by atoms with E-state index in [4.69, 9.17) is 20.7 Å². The molecule has 5 nitrogen and oxygen atoms in total. The van der Waals surface area contributed by atoms with Crippen LogP contribution in [0.15, 0.2) is 18.2 Å². The lowest BCUT2D eigenvalue weighted by molar-refractivity contribution is 0.204. The molecule has 0 spiro atoms. The van der Waals surface area contributed by atoms with Crippen molar-refractivity contribution in [3.63, 3.8) is 0 Å². The Kier molecular flexibility index (Phi) is 5.59. The van der Waals surface area contributed by atoms with E-state index in [9.17, 15) is 0 Å². The Hall–Kier alpha value is -1.46. The van der Waals surface area contributed by atoms with Crippen LogP contribution in [0.4, 0.5) is 11.4 Å². The third-order valence-electron chi connectivity index (χ3n) is 2.33. The molecule has 0 fully saturated rings. The molecule has 1 rings (SSSR count). The Morgan fingerprint density at radius 1 is 1.35 bits per heavy atom. The highest BCUT2D eigenvalue weighted by Crippen LogP contribution is 2.29. The molecule has 0 aliphatic heterocycles. The van der Waals surface area contributed by atoms with Gasteiger partial charge in [0.1, 0.15) is 5.75 Å². The zero-order chi connectivity index (χ0) is 12.7. The second-order valence-electron chi connectivity index (χ2n) is 3.77. The van der Waals surface area contributed by atoms with Crippen molar-refractivity contribution >= 4 is 11.4 Å². The van der Waals surface area contributed by atoms with E-state index in [1.165, 1.54) is 0 Å². The van der Waals surface area contributed by atoms with Gasteiger partial charge < -0.3 is 26.0 Å². The van der Waals surface area contributed by atoms with Crippen LogP contribution in [0.3, 0.4) is 0 Å². The number of rotatable bonds is 7. The van der Waals surface area contributed by atoms with Gasteiger partial charge in [0.05, 0.1) is 37.2 Å². The third-order valence-corrected chi connectivity index (χ3v) is 2.33. The first-order valence-corrected chi connectivity index (χ1v) is 5.72. The average Bonchev–Trinajstić information content (AvgIpc) is 2.36. The predicted octanol–water partition coefficient (Wildman–Crippen LogP) is 0.823. The number of para-hydroxylation sites is 1. The van der Waals surface area contributed by atoms with Crippen molar-refractivity contribution in [1.29, 1.82) is 0 Å². The monoisotopic (exact) mass is 240 g/mol. The molecule has 5 heteroatoms. The van der Waals surface area contributed by atoms with E-state index < -0.39 is 6.04 Å². The van der Waals surface area contributed by atoms with Crippen molar-refractivity contribution in [3.05, 3.63) is 18.2 Å². The summed E-state index contributed by atoms with van der Waals surface area (Å²) in [6, 6.07) is 4.98. The van der Waals surface area contributed by atoms with Crippen LogP contribution in [0.25, 0.3) is 0 Å². The highest BCUT2D eigenvalue weighted by atomic mass is 16.5. The zero-order valence-electron chi connectivity index (χ0n) is 10.0. The van der Waals surface area contributed by atoms with Gasteiger partial charge in [-0.2, -0.15) is 0 Å². The second kappa shape index (κ2) is 6.98. The van der Waals surface area contributed by atoms with Gasteiger partial charge in [0.2, 0.25) is 0 Å². The van der Waals surface area contributed by atoms with Crippen LogP contribution in [0.1, 0.15) is 13.3 Å². The van der Waals surface area contributed by atoms with Crippen LogP contribution in [0.2, 0.25) is 0 Å². The molecule has 0 atom stereocenters. The van der Waals surface area contributed by atoms with Crippen LogP contribution in [-0.2, 0) is 0 Å². The van der Waals surface area contributed by atoms with Crippen molar-refractivity contribution in [1.82, 2.24) is 0 Å². The van der Waals surface area contributed by atoms with E-state index in [0.29, 0.717) is 23.7 Å². The number of benzene rings is 1. The molecule has 1 aromatic carbocycles. The highest BCUT2D eigenvalue weighted by Gasteiger charge is 2.10. The molecular weight excluding hydrogens is 220 g/mol. The Bertz CT molecular complexity index is 341. The molecule has 0 aliphatic rings. The van der Waals surface area contributed by atoms with Crippen LogP contribution in [0, 0.1) is 0 Å². The zero-order valence-corrected chi connectivity index (χ0v) is 10.0. The summed E-state index contributed by atoms with van der Waals surface area (Å²) >= 11 is 0. The smallest absolute Gasteiger partial charge is 0.144 e. The summed E-state index contributed by atoms with van der Waals surface area (Å²) in [7, 11) is 0. The maximum Gasteiger partial charge on any atom is 0.144 e. The summed E-state index contributed by atoms with van der Waals surface area (Å²) in [5.41, 5.74) is 7.08. The lowest BCUT2D eigenvalue weighted by Crippen LogP contribution is -2.28. The molecular formula is C12H20N2O3. The van der Waals surface area contributed by atoms with E-state index in [1.54, 1.807) is 12.1 Å². The van der Waals surface area contributed by atoms with E-state index in [2.05, 4.69) is 5.32 Å². The first-order chi connectivity index (χ1) is 8.22. The van der Waals surface area contributed by atoms with E-state index in [-0.39, 0.29) is 13.2 Å². The first kappa shape index (κ1) is 13.6. The number of anilines is 2. The van der Waals surface area contributed by atoms with Gasteiger partial charge in [0.25, 0.3) is 0 Å². The number of nitrogen functional groups attached to an aromatic ring is 1. The fraction of sp³-hybridized carbons (Fsp3) is 0.500. The topological polar surface area (TPSA) is 87.7 Å². The molecule has 0 heterocycles. The van der Waals surface area contributed by atoms with Gasteiger partial charge in [0.15, 0.2) is 0 Å². The molecule has 0 radical (unpaired) electrons. The molecule has 1 aromatic rings. The fourth-order valence-corrected chi connectivity index (χ4v) is 1.38. The quantitative estimate of drug-likeness (QED) is 0.530. The summed E-state index contributed by atoms with van der Waals surface area (Å²) in [6.07, 6.45) is 0.910. The molecule has 17 heavy (non-hydrogen) atoms. The lowest BCUT2D eigenvalue weighted by Gasteiger charge is -2.18. The molecule has 0 saturated heterocycles. The van der Waals surface area contributed by atoms with Crippen LogP contribution < -0.4 is 15.8 Å². The van der Waals surface area contributed by atoms with Crippen molar-refractivity contribution < 1.29 is 14.9 Å². The van der Waals surface area contributed by atoms with Gasteiger partial charge in [-0.1, -0.05) is 13.0 Å². The third kappa shape index (κ3) is 3.80. The van der Waals surface area contributed by atoms with Crippen LogP contribution in [-0.4, -0.2) is 36.1 Å². The molecule has 0 unspecified atom stereocenters. The van der Waals surface area contributed by atoms with Crippen LogP contribution >= 0.6 is 0 Å². The minimum atomic E-state index is -0.418. The second-order valence-corrected chi connectivity index (χ2v) is 3.77. The summed E-state index contributed by atoms with van der Waals surface area (Å²) in [5.74, 6) is 0.617. The molecule has 0 saturated carbocycles. The van der Waals surface area contributed by atoms with Gasteiger partial charge in [-0.05, 0) is 18.6 Å². The van der Waals surface area contributed by atoms with Crippen molar-refractivity contribution in [2.45, 2.75) is 19.4 Å². The molecule has 96 valence electrons. The number of nitrogens with two attached hydrogens (primary N) is 1. The number of nitrogens with one attached hydrogen (secondary N) is 1. The molecule has 5 N–H and O–H groups in total. The van der Waals surface area contributed by atoms with Gasteiger partial charge in [0, 0.05) is 0 Å². The van der Waals surface area contributed by atoms with E-state index in [1.807, 2.05) is 13.0 Å². The Balaban J connectivity index is 2.78. The minimum absolute atomic E-state index is 0.157. The summed E-state index contributed by atoms with van der Waals surface area (Å²) in [6.45, 7) is 2.31. The van der Waals surface area contributed by atoms with Crippen molar-refractivity contribution in [2.75, 3.05) is 30.9 Å². The van der Waals surface area contributed by atoms with Gasteiger partial charge in [-0.3, -0.25) is 0 Å². The first-order valence-electron chi connectivity index (χ1n) is 5.72. The largest absolute Gasteiger partial charge is 0.491 e. The number of ether oxygens (including phenoxy) is 1. The molecule has 0 bridgehead atoms. The number of aliphatic hydroxyl groups excluding tert-OH is 2. The van der Waals surface area contributed by atoms with Gasteiger partial charge in [-0.15, -0.1) is 0 Å². The molecule has 0 aromatic heterocycles. The SMILES string of the molecule is CCCOc1cccc(NC(CO)CO)c1N. The maximum atomic E-state index is 8.99. The summed E-state index contributed by atoms with van der Waals surface area (Å²) < 4.78 is 5.49. The number of hydrogen-bond donors (Lipinski definition) is 4. The van der Waals surface area contributed by atoms with Gasteiger partial charge in [-0.25, -0.2) is 0 Å². The minimum Gasteiger partial charge on any atom is -0.491 e. The average molecular weight is 240 g/mol. The molecule has 0 amide bonds. The normalized spacial score (nSPS) is 10.6. The summed E-state index contributed by atoms with van der Waals surface area (Å²) in [4.78, 5) is 0. The highest BCUT2D eigenvalue weighted by molar-refractivity contribution is 5.73. The predicted molar refractivity (Wildman–Crippen MR) is 68.2 cm³/mol. The van der Waals surface area contributed by atoms with E-state index >= 15 is 0 Å². The van der Waals surface area contributed by atoms with Crippen molar-refractivity contribution in [3.8, 4) is 5.75 Å². The van der Waals surface area contributed by atoms with Crippen LogP contribution in [0.5, 0.6) is 5.75 Å². The number of aliphatic hydroxyl groups is 2. The van der Waals surface area contributed by atoms with Gasteiger partial charge >= 0.3 is 0 Å².